The summed E-state index contributed by atoms with van der Waals surface area (Å²) in [6, 6.07) is 3.55. The lowest BCUT2D eigenvalue weighted by atomic mass is 9.96. The Kier molecular flexibility index (Phi) is 3.10. The van der Waals surface area contributed by atoms with Gasteiger partial charge in [-0.25, -0.2) is 4.79 Å². The van der Waals surface area contributed by atoms with Gasteiger partial charge in [0, 0.05) is 4.88 Å². The third-order valence-electron chi connectivity index (χ3n) is 1.95. The predicted octanol–water partition coefficient (Wildman–Crippen LogP) is 2.16. The van der Waals surface area contributed by atoms with E-state index in [4.69, 9.17) is 10.8 Å². The van der Waals surface area contributed by atoms with E-state index in [1.165, 1.54) is 11.3 Å². The fraction of sp³-hybridized carbons (Fsp3) is 0.375. The minimum absolute atomic E-state index is 0.384. The van der Waals surface area contributed by atoms with E-state index in [0.29, 0.717) is 11.3 Å². The Morgan fingerprint density at radius 3 is 2.69 bits per heavy atom. The molecule has 1 aromatic rings. The molecule has 1 unspecified atom stereocenters. The quantitative estimate of drug-likeness (QED) is 0.879. The van der Waals surface area contributed by atoms with Gasteiger partial charge in [-0.3, -0.25) is 0 Å². The van der Waals surface area contributed by atoms with Crippen molar-refractivity contribution >= 4 is 33.2 Å². The van der Waals surface area contributed by atoms with Crippen LogP contribution in [0.25, 0.3) is 0 Å². The first kappa shape index (κ1) is 10.7. The Morgan fingerprint density at radius 1 is 1.77 bits per heavy atom. The standard InChI is InChI=1S/C8H10BrNO2S/c1-2-8(10,7(11)12)5-3-4-6(9)13-5/h3-4H,2,10H2,1H3,(H,11,12). The molecule has 1 heterocycles. The minimum atomic E-state index is -1.24. The summed E-state index contributed by atoms with van der Waals surface area (Å²) in [4.78, 5) is 11.6. The number of carboxylic acid groups (broad SMARTS) is 1. The highest BCUT2D eigenvalue weighted by molar-refractivity contribution is 9.11. The summed E-state index contributed by atoms with van der Waals surface area (Å²) in [6.45, 7) is 1.77. The van der Waals surface area contributed by atoms with Crippen LogP contribution < -0.4 is 5.73 Å². The van der Waals surface area contributed by atoms with Gasteiger partial charge in [-0.15, -0.1) is 11.3 Å². The normalized spacial score (nSPS) is 15.3. The monoisotopic (exact) mass is 263 g/mol. The first-order chi connectivity index (χ1) is 6.00. The molecule has 5 heteroatoms. The molecule has 0 fully saturated rings. The van der Waals surface area contributed by atoms with Crippen LogP contribution in [0.15, 0.2) is 15.9 Å². The average Bonchev–Trinajstić information content (AvgIpc) is 2.50. The fourth-order valence-electron chi connectivity index (χ4n) is 0.985. The molecule has 1 rings (SSSR count). The first-order valence-corrected chi connectivity index (χ1v) is 5.39. The topological polar surface area (TPSA) is 63.3 Å². The van der Waals surface area contributed by atoms with Gasteiger partial charge in [0.25, 0.3) is 0 Å². The lowest BCUT2D eigenvalue weighted by Crippen LogP contribution is -2.43. The van der Waals surface area contributed by atoms with Crippen molar-refractivity contribution < 1.29 is 9.90 Å². The van der Waals surface area contributed by atoms with Crippen LogP contribution in [0.4, 0.5) is 0 Å². The van der Waals surface area contributed by atoms with E-state index in [0.717, 1.165) is 3.79 Å². The molecule has 0 saturated heterocycles. The van der Waals surface area contributed by atoms with Crippen LogP contribution in [0.2, 0.25) is 0 Å². The number of rotatable bonds is 3. The van der Waals surface area contributed by atoms with Crippen molar-refractivity contribution in [1.82, 2.24) is 0 Å². The molecule has 0 bridgehead atoms. The smallest absolute Gasteiger partial charge is 0.329 e. The zero-order valence-electron chi connectivity index (χ0n) is 7.08. The molecule has 0 aromatic carbocycles. The number of halogens is 1. The minimum Gasteiger partial charge on any atom is -0.480 e. The van der Waals surface area contributed by atoms with Crippen LogP contribution in [0.3, 0.4) is 0 Å². The number of aliphatic carboxylic acids is 1. The lowest BCUT2D eigenvalue weighted by molar-refractivity contribution is -0.143. The molecule has 72 valence electrons. The van der Waals surface area contributed by atoms with E-state index in [-0.39, 0.29) is 0 Å². The van der Waals surface area contributed by atoms with Crippen molar-refractivity contribution in [2.45, 2.75) is 18.9 Å². The Bertz CT molecular complexity index is 326. The highest BCUT2D eigenvalue weighted by Crippen LogP contribution is 2.31. The molecule has 1 atom stereocenters. The highest BCUT2D eigenvalue weighted by atomic mass is 79.9. The molecular formula is C8H10BrNO2S. The molecule has 0 saturated carbocycles. The second-order valence-electron chi connectivity index (χ2n) is 2.73. The van der Waals surface area contributed by atoms with Crippen LogP contribution in [0.5, 0.6) is 0 Å². The first-order valence-electron chi connectivity index (χ1n) is 3.78. The number of carbonyl (C=O) groups is 1. The summed E-state index contributed by atoms with van der Waals surface area (Å²) >= 11 is 4.63. The molecule has 0 spiro atoms. The van der Waals surface area contributed by atoms with Crippen LogP contribution in [0.1, 0.15) is 18.2 Å². The molecule has 3 nitrogen and oxygen atoms in total. The van der Waals surface area contributed by atoms with E-state index in [1.54, 1.807) is 19.1 Å². The maximum atomic E-state index is 10.9. The van der Waals surface area contributed by atoms with Crippen LogP contribution in [-0.2, 0) is 10.3 Å². The van der Waals surface area contributed by atoms with E-state index < -0.39 is 11.5 Å². The molecule has 0 aliphatic carbocycles. The number of hydrogen-bond donors (Lipinski definition) is 2. The van der Waals surface area contributed by atoms with Gasteiger partial charge in [0.2, 0.25) is 0 Å². The number of nitrogens with two attached hydrogens (primary N) is 1. The molecule has 0 amide bonds. The third kappa shape index (κ3) is 1.92. The maximum Gasteiger partial charge on any atom is 0.329 e. The average molecular weight is 264 g/mol. The van der Waals surface area contributed by atoms with Crippen molar-refractivity contribution in [1.29, 1.82) is 0 Å². The summed E-state index contributed by atoms with van der Waals surface area (Å²) in [5.74, 6) is -0.982. The van der Waals surface area contributed by atoms with Crippen molar-refractivity contribution in [2.75, 3.05) is 0 Å². The van der Waals surface area contributed by atoms with Gasteiger partial charge >= 0.3 is 5.97 Å². The summed E-state index contributed by atoms with van der Waals surface area (Å²) in [6.07, 6.45) is 0.384. The zero-order valence-corrected chi connectivity index (χ0v) is 9.48. The number of carboxylic acids is 1. The van der Waals surface area contributed by atoms with E-state index >= 15 is 0 Å². The van der Waals surface area contributed by atoms with Crippen molar-refractivity contribution in [3.63, 3.8) is 0 Å². The molecule has 13 heavy (non-hydrogen) atoms. The predicted molar refractivity (Wildman–Crippen MR) is 55.8 cm³/mol. The van der Waals surface area contributed by atoms with Crippen LogP contribution in [-0.4, -0.2) is 11.1 Å². The Balaban J connectivity index is 3.09. The fourth-order valence-corrected chi connectivity index (χ4v) is 2.54. The van der Waals surface area contributed by atoms with E-state index in [2.05, 4.69) is 15.9 Å². The second kappa shape index (κ2) is 3.77. The van der Waals surface area contributed by atoms with E-state index in [9.17, 15) is 4.79 Å². The molecule has 0 aliphatic rings. The summed E-state index contributed by atoms with van der Waals surface area (Å²) < 4.78 is 0.895. The maximum absolute atomic E-state index is 10.9. The second-order valence-corrected chi connectivity index (χ2v) is 5.20. The van der Waals surface area contributed by atoms with Crippen molar-refractivity contribution in [2.24, 2.45) is 5.73 Å². The molecule has 0 aliphatic heterocycles. The van der Waals surface area contributed by atoms with Gasteiger partial charge in [0.1, 0.15) is 5.54 Å². The van der Waals surface area contributed by atoms with Gasteiger partial charge in [0.05, 0.1) is 3.79 Å². The lowest BCUT2D eigenvalue weighted by Gasteiger charge is -2.20. The van der Waals surface area contributed by atoms with Gasteiger partial charge in [-0.05, 0) is 34.5 Å². The SMILES string of the molecule is CCC(N)(C(=O)O)c1ccc(Br)s1. The van der Waals surface area contributed by atoms with Crippen molar-refractivity contribution in [3.05, 3.63) is 20.8 Å². The molecular weight excluding hydrogens is 254 g/mol. The van der Waals surface area contributed by atoms with Gasteiger partial charge in [-0.1, -0.05) is 6.92 Å². The third-order valence-corrected chi connectivity index (χ3v) is 3.75. The Morgan fingerprint density at radius 2 is 2.38 bits per heavy atom. The Hall–Kier alpha value is -0.390. The molecule has 0 radical (unpaired) electrons. The van der Waals surface area contributed by atoms with Crippen molar-refractivity contribution in [3.8, 4) is 0 Å². The van der Waals surface area contributed by atoms with Crippen LogP contribution >= 0.6 is 27.3 Å². The number of thiophene rings is 1. The van der Waals surface area contributed by atoms with Gasteiger partial charge in [-0.2, -0.15) is 0 Å². The van der Waals surface area contributed by atoms with E-state index in [1.807, 2.05) is 0 Å². The zero-order chi connectivity index (χ0) is 10.1. The molecule has 1 aromatic heterocycles. The Labute approximate surface area is 88.7 Å². The molecule has 3 N–H and O–H groups in total. The largest absolute Gasteiger partial charge is 0.480 e. The van der Waals surface area contributed by atoms with Gasteiger partial charge in [0.15, 0.2) is 0 Å². The summed E-state index contributed by atoms with van der Waals surface area (Å²) in [5.41, 5.74) is 4.53. The van der Waals surface area contributed by atoms with Crippen LogP contribution in [0, 0.1) is 0 Å². The van der Waals surface area contributed by atoms with Gasteiger partial charge < -0.3 is 10.8 Å². The summed E-state index contributed by atoms with van der Waals surface area (Å²) in [5, 5.41) is 8.96. The number of hydrogen-bond acceptors (Lipinski definition) is 3. The summed E-state index contributed by atoms with van der Waals surface area (Å²) in [7, 11) is 0. The highest BCUT2D eigenvalue weighted by Gasteiger charge is 2.35.